The van der Waals surface area contributed by atoms with Crippen molar-refractivity contribution in [3.63, 3.8) is 0 Å². The van der Waals surface area contributed by atoms with Gasteiger partial charge in [-0.1, -0.05) is 25.6 Å². The van der Waals surface area contributed by atoms with E-state index in [9.17, 15) is 0 Å². The van der Waals surface area contributed by atoms with Gasteiger partial charge in [0, 0.05) is 16.8 Å². The first kappa shape index (κ1) is 16.0. The number of aryl methyl sites for hydroxylation is 2. The maximum atomic E-state index is 4.56. The van der Waals surface area contributed by atoms with Crippen LogP contribution in [0.1, 0.15) is 43.0 Å². The fraction of sp³-hybridized carbons (Fsp3) is 0.562. The van der Waals surface area contributed by atoms with E-state index in [0.717, 1.165) is 46.7 Å². The molecular formula is C16H20N6S2. The lowest BCUT2D eigenvalue weighted by Crippen LogP contribution is -2.08. The normalized spacial score (nSPS) is 17.3. The number of rotatable bonds is 5. The number of hydrogen-bond donors (Lipinski definition) is 0. The van der Waals surface area contributed by atoms with Crippen LogP contribution in [-0.4, -0.2) is 30.2 Å². The predicted molar refractivity (Wildman–Crippen MR) is 96.3 cm³/mol. The fourth-order valence-electron chi connectivity index (χ4n) is 3.20. The van der Waals surface area contributed by atoms with Gasteiger partial charge in [-0.3, -0.25) is 0 Å². The molecule has 0 bridgehead atoms. The molecule has 1 aliphatic rings. The molecule has 3 heterocycles. The minimum atomic E-state index is 0.736. The Morgan fingerprint density at radius 2 is 2.29 bits per heavy atom. The average Bonchev–Trinajstić information content (AvgIpc) is 3.16. The molecule has 0 N–H and O–H groups in total. The van der Waals surface area contributed by atoms with Crippen molar-refractivity contribution in [1.82, 2.24) is 30.2 Å². The molecule has 1 aliphatic carbocycles. The highest BCUT2D eigenvalue weighted by atomic mass is 32.2. The summed E-state index contributed by atoms with van der Waals surface area (Å²) >= 11 is 3.56. The average molecular weight is 361 g/mol. The molecule has 3 aromatic heterocycles. The van der Waals surface area contributed by atoms with Crippen molar-refractivity contribution < 1.29 is 0 Å². The van der Waals surface area contributed by atoms with Crippen LogP contribution in [0.25, 0.3) is 10.2 Å². The van der Waals surface area contributed by atoms with Crippen molar-refractivity contribution in [2.75, 3.05) is 0 Å². The van der Waals surface area contributed by atoms with E-state index >= 15 is 0 Å². The lowest BCUT2D eigenvalue weighted by atomic mass is 9.89. The Kier molecular flexibility index (Phi) is 4.49. The molecule has 0 spiro atoms. The second-order valence-corrected chi connectivity index (χ2v) is 8.37. The van der Waals surface area contributed by atoms with Gasteiger partial charge in [-0.25, -0.2) is 14.6 Å². The van der Waals surface area contributed by atoms with Crippen LogP contribution in [-0.2, 0) is 25.1 Å². The SMILES string of the molecule is CCCn1nnnc1CSc1ncnc2sc3c(c12)CC[C@@H](C)C3. The maximum absolute atomic E-state index is 4.56. The third kappa shape index (κ3) is 2.93. The van der Waals surface area contributed by atoms with E-state index in [2.05, 4.69) is 39.3 Å². The Hall–Kier alpha value is -1.54. The minimum Gasteiger partial charge on any atom is -0.229 e. The number of nitrogens with zero attached hydrogens (tertiary/aromatic N) is 6. The first-order valence-corrected chi connectivity index (χ1v) is 10.2. The van der Waals surface area contributed by atoms with Crippen molar-refractivity contribution in [3.05, 3.63) is 22.6 Å². The summed E-state index contributed by atoms with van der Waals surface area (Å²) in [5.41, 5.74) is 1.48. The second-order valence-electron chi connectivity index (χ2n) is 6.32. The zero-order valence-electron chi connectivity index (χ0n) is 13.9. The van der Waals surface area contributed by atoms with Gasteiger partial charge in [0.25, 0.3) is 0 Å². The van der Waals surface area contributed by atoms with Gasteiger partial charge in [0.15, 0.2) is 5.82 Å². The van der Waals surface area contributed by atoms with Crippen molar-refractivity contribution in [3.8, 4) is 0 Å². The van der Waals surface area contributed by atoms with Crippen LogP contribution >= 0.6 is 23.1 Å². The molecule has 0 saturated heterocycles. The topological polar surface area (TPSA) is 69.4 Å². The number of fused-ring (bicyclic) bond motifs is 3. The number of aromatic nitrogens is 6. The summed E-state index contributed by atoms with van der Waals surface area (Å²) in [6.45, 7) is 5.32. The monoisotopic (exact) mass is 360 g/mol. The molecule has 0 saturated carbocycles. The highest BCUT2D eigenvalue weighted by molar-refractivity contribution is 7.98. The Balaban J connectivity index is 1.63. The molecule has 0 aliphatic heterocycles. The van der Waals surface area contributed by atoms with Gasteiger partial charge in [0.1, 0.15) is 16.2 Å². The molecular weight excluding hydrogens is 340 g/mol. The Morgan fingerprint density at radius 1 is 1.38 bits per heavy atom. The zero-order valence-corrected chi connectivity index (χ0v) is 15.5. The highest BCUT2D eigenvalue weighted by Crippen LogP contribution is 2.40. The summed E-state index contributed by atoms with van der Waals surface area (Å²) in [5.74, 6) is 2.42. The van der Waals surface area contributed by atoms with E-state index in [-0.39, 0.29) is 0 Å². The quantitative estimate of drug-likeness (QED) is 0.512. The predicted octanol–water partition coefficient (Wildman–Crippen LogP) is 3.50. The summed E-state index contributed by atoms with van der Waals surface area (Å²) in [6, 6.07) is 0. The summed E-state index contributed by atoms with van der Waals surface area (Å²) in [4.78, 5) is 11.7. The first-order chi connectivity index (χ1) is 11.8. The lowest BCUT2D eigenvalue weighted by molar-refractivity contribution is 0.509. The Morgan fingerprint density at radius 3 is 3.17 bits per heavy atom. The molecule has 0 aromatic carbocycles. The van der Waals surface area contributed by atoms with Gasteiger partial charge in [0.2, 0.25) is 0 Å². The van der Waals surface area contributed by atoms with Crippen LogP contribution in [0.3, 0.4) is 0 Å². The van der Waals surface area contributed by atoms with Gasteiger partial charge >= 0.3 is 0 Å². The molecule has 0 unspecified atom stereocenters. The van der Waals surface area contributed by atoms with Crippen molar-refractivity contribution >= 4 is 33.3 Å². The van der Waals surface area contributed by atoms with Gasteiger partial charge in [-0.2, -0.15) is 0 Å². The molecule has 4 rings (SSSR count). The first-order valence-electron chi connectivity index (χ1n) is 8.39. The van der Waals surface area contributed by atoms with Crippen molar-refractivity contribution in [2.24, 2.45) is 5.92 Å². The fourth-order valence-corrected chi connectivity index (χ4v) is 5.57. The van der Waals surface area contributed by atoms with E-state index in [1.807, 2.05) is 16.0 Å². The molecule has 1 atom stereocenters. The van der Waals surface area contributed by atoms with Crippen LogP contribution < -0.4 is 0 Å². The summed E-state index contributed by atoms with van der Waals surface area (Å²) in [7, 11) is 0. The molecule has 0 radical (unpaired) electrons. The van der Waals surface area contributed by atoms with Crippen LogP contribution in [0.5, 0.6) is 0 Å². The molecule has 24 heavy (non-hydrogen) atoms. The summed E-state index contributed by atoms with van der Waals surface area (Å²) in [6.07, 6.45) is 6.29. The molecule has 6 nitrogen and oxygen atoms in total. The largest absolute Gasteiger partial charge is 0.229 e. The molecule has 3 aromatic rings. The van der Waals surface area contributed by atoms with Crippen LogP contribution in [0.4, 0.5) is 0 Å². The van der Waals surface area contributed by atoms with E-state index in [1.54, 1.807) is 18.1 Å². The molecule has 0 fully saturated rings. The maximum Gasteiger partial charge on any atom is 0.161 e. The standard InChI is InChI=1S/C16H20N6S2/c1-3-6-22-13(19-20-21-22)8-23-15-14-11-5-4-10(2)7-12(11)24-16(14)18-9-17-15/h9-10H,3-8H2,1-2H3/t10-/m1/s1. The van der Waals surface area contributed by atoms with Crippen LogP contribution in [0, 0.1) is 5.92 Å². The van der Waals surface area contributed by atoms with Gasteiger partial charge in [-0.05, 0) is 47.6 Å². The zero-order chi connectivity index (χ0) is 16.5. The van der Waals surface area contributed by atoms with Gasteiger partial charge in [0.05, 0.1) is 5.75 Å². The minimum absolute atomic E-state index is 0.736. The molecule has 126 valence electrons. The second kappa shape index (κ2) is 6.76. The highest BCUT2D eigenvalue weighted by Gasteiger charge is 2.23. The van der Waals surface area contributed by atoms with Crippen LogP contribution in [0.15, 0.2) is 11.4 Å². The van der Waals surface area contributed by atoms with Crippen molar-refractivity contribution in [2.45, 2.75) is 56.9 Å². The number of hydrogen-bond acceptors (Lipinski definition) is 7. The third-order valence-corrected chi connectivity index (χ3v) is 6.58. The van der Waals surface area contributed by atoms with E-state index in [0.29, 0.717) is 0 Å². The summed E-state index contributed by atoms with van der Waals surface area (Å²) < 4.78 is 1.89. The Labute approximate surface area is 149 Å². The molecule has 0 amide bonds. The van der Waals surface area contributed by atoms with E-state index in [1.165, 1.54) is 28.7 Å². The number of tetrazole rings is 1. The number of thiophene rings is 1. The van der Waals surface area contributed by atoms with E-state index in [4.69, 9.17) is 0 Å². The van der Waals surface area contributed by atoms with Gasteiger partial charge < -0.3 is 0 Å². The molecule has 8 heteroatoms. The summed E-state index contributed by atoms with van der Waals surface area (Å²) in [5, 5.41) is 14.4. The van der Waals surface area contributed by atoms with Gasteiger partial charge in [-0.15, -0.1) is 16.4 Å². The smallest absolute Gasteiger partial charge is 0.161 e. The van der Waals surface area contributed by atoms with Crippen LogP contribution in [0.2, 0.25) is 0 Å². The number of thioether (sulfide) groups is 1. The lowest BCUT2D eigenvalue weighted by Gasteiger charge is -2.18. The van der Waals surface area contributed by atoms with E-state index < -0.39 is 0 Å². The van der Waals surface area contributed by atoms with Crippen molar-refractivity contribution in [1.29, 1.82) is 0 Å². The third-order valence-electron chi connectivity index (χ3n) is 4.44. The Bertz CT molecular complexity index is 855.